The molecule has 2 N–H and O–H groups in total. The molecular formula is C24H28N4O2. The summed E-state index contributed by atoms with van der Waals surface area (Å²) in [4.78, 5) is 28.7. The lowest BCUT2D eigenvalue weighted by Crippen LogP contribution is -2.25. The van der Waals surface area contributed by atoms with E-state index in [1.54, 1.807) is 12.5 Å². The number of rotatable bonds is 9. The number of hydrogen-bond donors (Lipinski definition) is 2. The van der Waals surface area contributed by atoms with Gasteiger partial charge in [-0.3, -0.25) is 9.59 Å². The average molecular weight is 405 g/mol. The highest BCUT2D eigenvalue weighted by atomic mass is 16.2. The summed E-state index contributed by atoms with van der Waals surface area (Å²) in [5.41, 5.74) is 4.32. The molecule has 0 saturated heterocycles. The van der Waals surface area contributed by atoms with E-state index in [0.29, 0.717) is 24.2 Å². The van der Waals surface area contributed by atoms with Crippen LogP contribution in [0.4, 0.5) is 0 Å². The number of aromatic nitrogens is 2. The quantitative estimate of drug-likeness (QED) is 0.533. The first-order chi connectivity index (χ1) is 14.6. The number of hydrogen-bond acceptors (Lipinski definition) is 3. The van der Waals surface area contributed by atoms with Gasteiger partial charge in [0, 0.05) is 43.2 Å². The molecule has 156 valence electrons. The second-order valence-electron chi connectivity index (χ2n) is 7.27. The molecule has 3 rings (SSSR count). The lowest BCUT2D eigenvalue weighted by atomic mass is 9.97. The first-order valence-electron chi connectivity index (χ1n) is 10.3. The van der Waals surface area contributed by atoms with Crippen molar-refractivity contribution < 1.29 is 9.59 Å². The maximum atomic E-state index is 12.4. The molecule has 0 fully saturated rings. The van der Waals surface area contributed by atoms with E-state index in [1.807, 2.05) is 67.1 Å². The number of amides is 2. The second kappa shape index (κ2) is 10.4. The van der Waals surface area contributed by atoms with Crippen LogP contribution in [0.3, 0.4) is 0 Å². The number of benzene rings is 2. The van der Waals surface area contributed by atoms with Crippen molar-refractivity contribution in [2.24, 2.45) is 0 Å². The minimum Gasteiger partial charge on any atom is -0.352 e. The fourth-order valence-electron chi connectivity index (χ4n) is 3.20. The van der Waals surface area contributed by atoms with Crippen LogP contribution in [0, 0.1) is 6.92 Å². The van der Waals surface area contributed by atoms with Gasteiger partial charge in [0.15, 0.2) is 0 Å². The van der Waals surface area contributed by atoms with Gasteiger partial charge in [0.1, 0.15) is 0 Å². The summed E-state index contributed by atoms with van der Waals surface area (Å²) in [6, 6.07) is 13.2. The summed E-state index contributed by atoms with van der Waals surface area (Å²) in [5, 5.41) is 5.86. The Balaban J connectivity index is 1.61. The van der Waals surface area contributed by atoms with Crippen molar-refractivity contribution in [2.45, 2.75) is 33.2 Å². The van der Waals surface area contributed by atoms with E-state index in [2.05, 4.69) is 15.6 Å². The molecule has 6 heteroatoms. The third kappa shape index (κ3) is 5.56. The number of aryl methyl sites for hydroxylation is 2. The van der Waals surface area contributed by atoms with E-state index in [1.165, 1.54) is 0 Å². The smallest absolute Gasteiger partial charge is 0.251 e. The molecule has 0 aliphatic rings. The van der Waals surface area contributed by atoms with Crippen LogP contribution in [0.15, 0.2) is 61.2 Å². The molecular weight excluding hydrogens is 376 g/mol. The fraction of sp³-hybridized carbons (Fsp3) is 0.292. The predicted octanol–water partition coefficient (Wildman–Crippen LogP) is 3.82. The molecule has 1 aromatic heterocycles. The van der Waals surface area contributed by atoms with Gasteiger partial charge in [0.2, 0.25) is 0 Å². The zero-order valence-corrected chi connectivity index (χ0v) is 17.5. The molecule has 0 atom stereocenters. The highest BCUT2D eigenvalue weighted by Gasteiger charge is 2.10. The Morgan fingerprint density at radius 2 is 1.67 bits per heavy atom. The van der Waals surface area contributed by atoms with Crippen LogP contribution in [0.1, 0.15) is 46.0 Å². The van der Waals surface area contributed by atoms with Crippen LogP contribution in [0.25, 0.3) is 11.1 Å². The first kappa shape index (κ1) is 21.3. The third-order valence-corrected chi connectivity index (χ3v) is 4.93. The highest BCUT2D eigenvalue weighted by molar-refractivity contribution is 5.96. The number of carbonyl (C=O) groups excluding carboxylic acids is 2. The molecule has 30 heavy (non-hydrogen) atoms. The van der Waals surface area contributed by atoms with E-state index in [4.69, 9.17) is 0 Å². The third-order valence-electron chi connectivity index (χ3n) is 4.93. The molecule has 0 spiro atoms. The maximum absolute atomic E-state index is 12.4. The monoisotopic (exact) mass is 404 g/mol. The summed E-state index contributed by atoms with van der Waals surface area (Å²) in [5.74, 6) is -0.151. The zero-order valence-electron chi connectivity index (χ0n) is 17.5. The SMILES string of the molecule is CCCNC(=O)c1ccc(C)c(-c2ccc(C(=O)NCCCn3ccnc3)cc2)c1. The van der Waals surface area contributed by atoms with E-state index < -0.39 is 0 Å². The molecule has 1 heterocycles. The Morgan fingerprint density at radius 3 is 2.37 bits per heavy atom. The van der Waals surface area contributed by atoms with E-state index in [0.717, 1.165) is 36.1 Å². The molecule has 0 saturated carbocycles. The van der Waals surface area contributed by atoms with Crippen molar-refractivity contribution in [3.8, 4) is 11.1 Å². The molecule has 0 aliphatic carbocycles. The van der Waals surface area contributed by atoms with Crippen LogP contribution in [0.5, 0.6) is 0 Å². The van der Waals surface area contributed by atoms with Gasteiger partial charge in [-0.25, -0.2) is 4.98 Å². The molecule has 0 bridgehead atoms. The first-order valence-corrected chi connectivity index (χ1v) is 10.3. The van der Waals surface area contributed by atoms with Gasteiger partial charge in [-0.15, -0.1) is 0 Å². The molecule has 0 aliphatic heterocycles. The van der Waals surface area contributed by atoms with Crippen molar-refractivity contribution in [3.63, 3.8) is 0 Å². The second-order valence-corrected chi connectivity index (χ2v) is 7.27. The van der Waals surface area contributed by atoms with Gasteiger partial charge < -0.3 is 15.2 Å². The van der Waals surface area contributed by atoms with Gasteiger partial charge in [0.25, 0.3) is 11.8 Å². The topological polar surface area (TPSA) is 76.0 Å². The number of nitrogens with zero attached hydrogens (tertiary/aromatic N) is 2. The fourth-order valence-corrected chi connectivity index (χ4v) is 3.20. The highest BCUT2D eigenvalue weighted by Crippen LogP contribution is 2.25. The van der Waals surface area contributed by atoms with Crippen molar-refractivity contribution in [2.75, 3.05) is 13.1 Å². The van der Waals surface area contributed by atoms with E-state index >= 15 is 0 Å². The predicted molar refractivity (Wildman–Crippen MR) is 118 cm³/mol. The molecule has 0 unspecified atom stereocenters. The Labute approximate surface area is 177 Å². The normalized spacial score (nSPS) is 10.6. The molecule has 3 aromatic rings. The Hall–Kier alpha value is -3.41. The Kier molecular flexibility index (Phi) is 7.38. The number of nitrogens with one attached hydrogen (secondary N) is 2. The van der Waals surface area contributed by atoms with Crippen molar-refractivity contribution in [3.05, 3.63) is 77.9 Å². The Bertz CT molecular complexity index is 979. The lowest BCUT2D eigenvalue weighted by Gasteiger charge is -2.11. The lowest BCUT2D eigenvalue weighted by molar-refractivity contribution is 0.0945. The Morgan fingerprint density at radius 1 is 0.967 bits per heavy atom. The largest absolute Gasteiger partial charge is 0.352 e. The van der Waals surface area contributed by atoms with Crippen LogP contribution in [-0.2, 0) is 6.54 Å². The van der Waals surface area contributed by atoms with Gasteiger partial charge in [-0.2, -0.15) is 0 Å². The molecule has 6 nitrogen and oxygen atoms in total. The number of carbonyl (C=O) groups is 2. The standard InChI is InChI=1S/C24H28N4O2/c1-3-11-26-24(30)21-6-5-18(2)22(16-21)19-7-9-20(10-8-19)23(29)27-12-4-14-28-15-13-25-17-28/h5-10,13,15-17H,3-4,11-12,14H2,1-2H3,(H,26,30)(H,27,29). The molecule has 2 aromatic carbocycles. The maximum Gasteiger partial charge on any atom is 0.251 e. The summed E-state index contributed by atoms with van der Waals surface area (Å²) >= 11 is 0. The summed E-state index contributed by atoms with van der Waals surface area (Å²) in [6.07, 6.45) is 7.16. The average Bonchev–Trinajstić information content (AvgIpc) is 3.29. The zero-order chi connectivity index (χ0) is 21.3. The summed E-state index contributed by atoms with van der Waals surface area (Å²) in [6.45, 7) is 6.13. The minimum absolute atomic E-state index is 0.0650. The number of imidazole rings is 1. The molecule has 0 radical (unpaired) electrons. The van der Waals surface area contributed by atoms with E-state index in [-0.39, 0.29) is 11.8 Å². The van der Waals surface area contributed by atoms with Crippen LogP contribution in [0.2, 0.25) is 0 Å². The summed E-state index contributed by atoms with van der Waals surface area (Å²) in [7, 11) is 0. The van der Waals surface area contributed by atoms with Gasteiger partial charge in [-0.05, 0) is 60.7 Å². The van der Waals surface area contributed by atoms with Crippen LogP contribution in [-0.4, -0.2) is 34.5 Å². The van der Waals surface area contributed by atoms with Crippen molar-refractivity contribution in [1.82, 2.24) is 20.2 Å². The van der Waals surface area contributed by atoms with Gasteiger partial charge in [0.05, 0.1) is 6.33 Å². The van der Waals surface area contributed by atoms with Crippen molar-refractivity contribution >= 4 is 11.8 Å². The van der Waals surface area contributed by atoms with Gasteiger partial charge in [-0.1, -0.05) is 25.1 Å². The minimum atomic E-state index is -0.0865. The van der Waals surface area contributed by atoms with E-state index in [9.17, 15) is 9.59 Å². The summed E-state index contributed by atoms with van der Waals surface area (Å²) < 4.78 is 1.99. The van der Waals surface area contributed by atoms with Crippen LogP contribution < -0.4 is 10.6 Å². The van der Waals surface area contributed by atoms with Crippen molar-refractivity contribution in [1.29, 1.82) is 0 Å². The van der Waals surface area contributed by atoms with Crippen LogP contribution >= 0.6 is 0 Å². The molecule has 2 amide bonds. The van der Waals surface area contributed by atoms with Gasteiger partial charge >= 0.3 is 0 Å².